The molecule has 0 aromatic carbocycles. The second kappa shape index (κ2) is 6.75. The molecule has 1 aromatic heterocycles. The van der Waals surface area contributed by atoms with Crippen LogP contribution in [-0.4, -0.2) is 12.3 Å². The molecule has 1 rings (SSSR count). The fourth-order valence-electron chi connectivity index (χ4n) is 1.49. The lowest BCUT2D eigenvalue weighted by Crippen LogP contribution is -1.99. The van der Waals surface area contributed by atoms with Crippen LogP contribution in [0.4, 0.5) is 0 Å². The number of nitrogens with two attached hydrogens (primary N) is 1. The molecule has 0 saturated carbocycles. The van der Waals surface area contributed by atoms with Gasteiger partial charge in [-0.15, -0.1) is 11.3 Å². The van der Waals surface area contributed by atoms with Crippen LogP contribution in [-0.2, 0) is 0 Å². The van der Waals surface area contributed by atoms with E-state index in [1.54, 1.807) is 11.3 Å². The van der Waals surface area contributed by atoms with E-state index in [2.05, 4.69) is 0 Å². The Morgan fingerprint density at radius 1 is 1.27 bits per heavy atom. The van der Waals surface area contributed by atoms with E-state index >= 15 is 0 Å². The Kier molecular flexibility index (Phi) is 5.58. The molecule has 0 saturated heterocycles. The molecule has 1 aromatic rings. The average Bonchev–Trinajstić information content (AvgIpc) is 2.64. The summed E-state index contributed by atoms with van der Waals surface area (Å²) in [7, 11) is 0. The fraction of sp³-hybridized carbons (Fsp3) is 0.583. The van der Waals surface area contributed by atoms with Gasteiger partial charge in [0.1, 0.15) is 0 Å². The maximum Gasteiger partial charge on any atom is 0.172 e. The summed E-state index contributed by atoms with van der Waals surface area (Å²) in [5, 5.41) is 0. The van der Waals surface area contributed by atoms with Crippen LogP contribution in [0.5, 0.6) is 0 Å². The second-order valence-electron chi connectivity index (χ2n) is 3.79. The van der Waals surface area contributed by atoms with Crippen molar-refractivity contribution >= 4 is 17.1 Å². The molecule has 0 radical (unpaired) electrons. The van der Waals surface area contributed by atoms with Gasteiger partial charge in [-0.2, -0.15) is 0 Å². The van der Waals surface area contributed by atoms with Crippen LogP contribution in [0, 0.1) is 6.92 Å². The molecule has 0 spiro atoms. The topological polar surface area (TPSA) is 43.1 Å². The quantitative estimate of drug-likeness (QED) is 0.572. The minimum Gasteiger partial charge on any atom is -0.330 e. The van der Waals surface area contributed by atoms with E-state index in [0.29, 0.717) is 12.2 Å². The van der Waals surface area contributed by atoms with Gasteiger partial charge < -0.3 is 5.73 Å². The summed E-state index contributed by atoms with van der Waals surface area (Å²) in [5.41, 5.74) is 5.40. The van der Waals surface area contributed by atoms with E-state index < -0.39 is 0 Å². The number of hydrogen-bond acceptors (Lipinski definition) is 3. The van der Waals surface area contributed by atoms with Gasteiger partial charge in [0.25, 0.3) is 0 Å². The van der Waals surface area contributed by atoms with Gasteiger partial charge in [-0.05, 0) is 38.4 Å². The third kappa shape index (κ3) is 4.58. The number of thiophene rings is 1. The Hall–Kier alpha value is -0.670. The summed E-state index contributed by atoms with van der Waals surface area (Å²) < 4.78 is 0. The van der Waals surface area contributed by atoms with Crippen LogP contribution < -0.4 is 5.73 Å². The van der Waals surface area contributed by atoms with E-state index in [4.69, 9.17) is 5.73 Å². The van der Waals surface area contributed by atoms with Crippen LogP contribution in [0.1, 0.15) is 46.7 Å². The van der Waals surface area contributed by atoms with Crippen LogP contribution in [0.15, 0.2) is 12.1 Å². The highest BCUT2D eigenvalue weighted by molar-refractivity contribution is 7.14. The number of unbranched alkanes of at least 4 members (excludes halogenated alkanes) is 3. The first-order chi connectivity index (χ1) is 7.24. The lowest BCUT2D eigenvalue weighted by molar-refractivity contribution is 0.0983. The molecule has 0 bridgehead atoms. The van der Waals surface area contributed by atoms with Crippen molar-refractivity contribution in [1.29, 1.82) is 0 Å². The van der Waals surface area contributed by atoms with E-state index in [1.807, 2.05) is 19.1 Å². The monoisotopic (exact) mass is 225 g/mol. The molecule has 0 aliphatic rings. The lowest BCUT2D eigenvalue weighted by atomic mass is 10.1. The van der Waals surface area contributed by atoms with Crippen molar-refractivity contribution in [3.05, 3.63) is 21.9 Å². The highest BCUT2D eigenvalue weighted by Gasteiger charge is 2.07. The maximum absolute atomic E-state index is 11.7. The van der Waals surface area contributed by atoms with Gasteiger partial charge in [0.15, 0.2) is 5.78 Å². The summed E-state index contributed by atoms with van der Waals surface area (Å²) >= 11 is 1.59. The molecule has 2 N–H and O–H groups in total. The van der Waals surface area contributed by atoms with Crippen molar-refractivity contribution in [3.8, 4) is 0 Å². The van der Waals surface area contributed by atoms with E-state index in [-0.39, 0.29) is 0 Å². The predicted molar refractivity (Wildman–Crippen MR) is 65.5 cm³/mol. The third-order valence-electron chi connectivity index (χ3n) is 2.37. The zero-order valence-corrected chi connectivity index (χ0v) is 10.1. The Morgan fingerprint density at radius 3 is 2.60 bits per heavy atom. The largest absolute Gasteiger partial charge is 0.330 e. The van der Waals surface area contributed by atoms with Crippen molar-refractivity contribution in [3.63, 3.8) is 0 Å². The van der Waals surface area contributed by atoms with Crippen molar-refractivity contribution in [2.75, 3.05) is 6.54 Å². The van der Waals surface area contributed by atoms with Gasteiger partial charge in [-0.3, -0.25) is 4.79 Å². The van der Waals surface area contributed by atoms with Gasteiger partial charge in [0.2, 0.25) is 0 Å². The highest BCUT2D eigenvalue weighted by atomic mass is 32.1. The number of Topliss-reactive ketones (excluding diaryl/α,β-unsaturated/α-hetero) is 1. The molecule has 3 heteroatoms. The molecule has 0 unspecified atom stereocenters. The Balaban J connectivity index is 2.19. The summed E-state index contributed by atoms with van der Waals surface area (Å²) in [5.74, 6) is 0.292. The summed E-state index contributed by atoms with van der Waals surface area (Å²) in [4.78, 5) is 13.8. The minimum absolute atomic E-state index is 0.292. The van der Waals surface area contributed by atoms with Gasteiger partial charge >= 0.3 is 0 Å². The molecule has 2 nitrogen and oxygen atoms in total. The normalized spacial score (nSPS) is 10.5. The fourth-order valence-corrected chi connectivity index (χ4v) is 2.33. The number of ketones is 1. The smallest absolute Gasteiger partial charge is 0.172 e. The van der Waals surface area contributed by atoms with Crippen LogP contribution in [0.2, 0.25) is 0 Å². The van der Waals surface area contributed by atoms with Gasteiger partial charge in [0, 0.05) is 11.3 Å². The third-order valence-corrected chi connectivity index (χ3v) is 3.41. The Bertz CT molecular complexity index is 306. The number of rotatable bonds is 7. The molecular weight excluding hydrogens is 206 g/mol. The van der Waals surface area contributed by atoms with Crippen molar-refractivity contribution < 1.29 is 4.79 Å². The van der Waals surface area contributed by atoms with Crippen LogP contribution in [0.3, 0.4) is 0 Å². The standard InChI is InChI=1S/C12H19NOS/c1-10-7-8-12(15-10)11(14)6-4-2-3-5-9-13/h7-8H,2-6,9,13H2,1H3. The summed E-state index contributed by atoms with van der Waals surface area (Å²) in [6.07, 6.45) is 5.02. The zero-order valence-electron chi connectivity index (χ0n) is 9.29. The number of hydrogen-bond donors (Lipinski definition) is 1. The molecule has 0 amide bonds. The molecule has 15 heavy (non-hydrogen) atoms. The molecule has 0 aliphatic carbocycles. The Morgan fingerprint density at radius 2 is 2.00 bits per heavy atom. The number of carbonyl (C=O) groups excluding carboxylic acids is 1. The highest BCUT2D eigenvalue weighted by Crippen LogP contribution is 2.18. The molecule has 1 heterocycles. The van der Waals surface area contributed by atoms with E-state index in [0.717, 1.165) is 37.1 Å². The van der Waals surface area contributed by atoms with Gasteiger partial charge in [-0.1, -0.05) is 12.8 Å². The van der Waals surface area contributed by atoms with E-state index in [9.17, 15) is 4.79 Å². The minimum atomic E-state index is 0.292. The Labute approximate surface area is 95.5 Å². The molecule has 84 valence electrons. The van der Waals surface area contributed by atoms with E-state index in [1.165, 1.54) is 4.88 Å². The number of carbonyl (C=O) groups is 1. The molecule has 0 fully saturated rings. The van der Waals surface area contributed by atoms with Gasteiger partial charge in [-0.25, -0.2) is 0 Å². The molecular formula is C12H19NOS. The van der Waals surface area contributed by atoms with Crippen LogP contribution >= 0.6 is 11.3 Å². The SMILES string of the molecule is Cc1ccc(C(=O)CCCCCCN)s1. The first kappa shape index (κ1) is 12.4. The van der Waals surface area contributed by atoms with Crippen LogP contribution in [0.25, 0.3) is 0 Å². The molecule has 0 atom stereocenters. The summed E-state index contributed by atoms with van der Waals surface area (Å²) in [6, 6.07) is 3.94. The first-order valence-electron chi connectivity index (χ1n) is 5.53. The summed E-state index contributed by atoms with van der Waals surface area (Å²) in [6.45, 7) is 2.79. The van der Waals surface area contributed by atoms with Crippen molar-refractivity contribution in [1.82, 2.24) is 0 Å². The molecule has 0 aliphatic heterocycles. The van der Waals surface area contributed by atoms with Crippen molar-refractivity contribution in [2.24, 2.45) is 5.73 Å². The van der Waals surface area contributed by atoms with Crippen molar-refractivity contribution in [2.45, 2.75) is 39.0 Å². The average molecular weight is 225 g/mol. The predicted octanol–water partition coefficient (Wildman–Crippen LogP) is 3.15. The second-order valence-corrected chi connectivity index (χ2v) is 5.07. The maximum atomic E-state index is 11.7. The van der Waals surface area contributed by atoms with Gasteiger partial charge in [0.05, 0.1) is 4.88 Å². The number of aryl methyl sites for hydroxylation is 1. The lowest BCUT2D eigenvalue weighted by Gasteiger charge is -1.98. The first-order valence-corrected chi connectivity index (χ1v) is 6.35. The zero-order chi connectivity index (χ0) is 11.1.